The molecule has 1 aliphatic rings. The molecule has 0 aromatic heterocycles. The Hall–Kier alpha value is -1.89. The lowest BCUT2D eigenvalue weighted by molar-refractivity contribution is -0.147. The molecule has 1 saturated heterocycles. The van der Waals surface area contributed by atoms with E-state index in [2.05, 4.69) is 0 Å². The van der Waals surface area contributed by atoms with Gasteiger partial charge >= 0.3 is 5.97 Å². The van der Waals surface area contributed by atoms with Crippen molar-refractivity contribution < 1.29 is 23.1 Å². The standard InChI is InChI=1S/C16H21NO5S/c1-4-11-6-7-12(10-13(11)23(3,21)22)14(18)17-9-5-8-16(17,2)15(19)20/h6-7,10H,4-5,8-9H2,1-3H3,(H,19,20)/t16-/m0/s1. The normalized spacial score (nSPS) is 21.4. The van der Waals surface area contributed by atoms with Crippen LogP contribution < -0.4 is 0 Å². The molecular weight excluding hydrogens is 318 g/mol. The molecule has 1 aliphatic heterocycles. The lowest BCUT2D eigenvalue weighted by Crippen LogP contribution is -2.50. The second-order valence-electron chi connectivity index (χ2n) is 6.09. The van der Waals surface area contributed by atoms with Gasteiger partial charge < -0.3 is 10.0 Å². The SMILES string of the molecule is CCc1ccc(C(=O)N2CCC[C@@]2(C)C(=O)O)cc1S(C)(=O)=O. The average Bonchev–Trinajstić information content (AvgIpc) is 2.88. The summed E-state index contributed by atoms with van der Waals surface area (Å²) in [7, 11) is -3.46. The van der Waals surface area contributed by atoms with E-state index in [1.165, 1.54) is 17.9 Å². The monoisotopic (exact) mass is 339 g/mol. The van der Waals surface area contributed by atoms with E-state index < -0.39 is 27.3 Å². The summed E-state index contributed by atoms with van der Waals surface area (Å²) in [5.74, 6) is -1.49. The number of benzene rings is 1. The van der Waals surface area contributed by atoms with Gasteiger partial charge in [0.2, 0.25) is 0 Å². The summed E-state index contributed by atoms with van der Waals surface area (Å²) in [5, 5.41) is 9.41. The minimum atomic E-state index is -3.46. The largest absolute Gasteiger partial charge is 0.480 e. The van der Waals surface area contributed by atoms with Crippen LogP contribution in [0.4, 0.5) is 0 Å². The summed E-state index contributed by atoms with van der Waals surface area (Å²) in [4.78, 5) is 25.7. The molecule has 23 heavy (non-hydrogen) atoms. The summed E-state index contributed by atoms with van der Waals surface area (Å²) in [6.45, 7) is 3.72. The zero-order valence-electron chi connectivity index (χ0n) is 13.5. The van der Waals surface area contributed by atoms with Gasteiger partial charge in [-0.05, 0) is 43.9 Å². The number of carbonyl (C=O) groups is 2. The number of likely N-dealkylation sites (tertiary alicyclic amines) is 1. The van der Waals surface area contributed by atoms with Crippen LogP contribution in [0.25, 0.3) is 0 Å². The van der Waals surface area contributed by atoms with Crippen molar-refractivity contribution in [3.05, 3.63) is 29.3 Å². The Morgan fingerprint density at radius 2 is 2.00 bits per heavy atom. The van der Waals surface area contributed by atoms with Crippen molar-refractivity contribution in [1.82, 2.24) is 4.90 Å². The molecule has 0 unspecified atom stereocenters. The van der Waals surface area contributed by atoms with Crippen LogP contribution in [0.2, 0.25) is 0 Å². The number of aliphatic carboxylic acids is 1. The van der Waals surface area contributed by atoms with E-state index in [1.54, 1.807) is 12.1 Å². The zero-order chi connectivity index (χ0) is 17.4. The summed E-state index contributed by atoms with van der Waals surface area (Å²) >= 11 is 0. The topological polar surface area (TPSA) is 91.8 Å². The van der Waals surface area contributed by atoms with Crippen LogP contribution in [0, 0.1) is 0 Å². The highest BCUT2D eigenvalue weighted by atomic mass is 32.2. The van der Waals surface area contributed by atoms with E-state index in [1.807, 2.05) is 6.92 Å². The summed E-state index contributed by atoms with van der Waals surface area (Å²) < 4.78 is 23.9. The number of carboxylic acid groups (broad SMARTS) is 1. The number of sulfone groups is 1. The Labute approximate surface area is 136 Å². The van der Waals surface area contributed by atoms with E-state index >= 15 is 0 Å². The van der Waals surface area contributed by atoms with Crippen molar-refractivity contribution in [1.29, 1.82) is 0 Å². The quantitative estimate of drug-likeness (QED) is 0.902. The third kappa shape index (κ3) is 3.10. The van der Waals surface area contributed by atoms with Gasteiger partial charge in [0.25, 0.3) is 5.91 Å². The van der Waals surface area contributed by atoms with Crippen molar-refractivity contribution >= 4 is 21.7 Å². The fourth-order valence-corrected chi connectivity index (χ4v) is 4.02. The molecule has 126 valence electrons. The fourth-order valence-electron chi connectivity index (χ4n) is 2.99. The van der Waals surface area contributed by atoms with Crippen LogP contribution in [0.3, 0.4) is 0 Å². The second-order valence-corrected chi connectivity index (χ2v) is 8.07. The maximum atomic E-state index is 12.7. The Bertz CT molecular complexity index is 756. The first-order chi connectivity index (χ1) is 10.6. The molecule has 0 saturated carbocycles. The Morgan fingerprint density at radius 1 is 1.35 bits per heavy atom. The minimum Gasteiger partial charge on any atom is -0.480 e. The van der Waals surface area contributed by atoms with Gasteiger partial charge in [-0.25, -0.2) is 13.2 Å². The van der Waals surface area contributed by atoms with E-state index in [9.17, 15) is 23.1 Å². The van der Waals surface area contributed by atoms with E-state index in [0.29, 0.717) is 31.4 Å². The highest BCUT2D eigenvalue weighted by molar-refractivity contribution is 7.90. The molecule has 1 fully saturated rings. The van der Waals surface area contributed by atoms with E-state index in [4.69, 9.17) is 0 Å². The number of aryl methyl sites for hydroxylation is 1. The molecule has 0 radical (unpaired) electrons. The smallest absolute Gasteiger partial charge is 0.329 e. The second kappa shape index (κ2) is 5.96. The summed E-state index contributed by atoms with van der Waals surface area (Å²) in [6.07, 6.45) is 2.64. The number of hydrogen-bond donors (Lipinski definition) is 1. The van der Waals surface area contributed by atoms with Crippen LogP contribution in [0.1, 0.15) is 42.6 Å². The first kappa shape index (κ1) is 17.5. The molecule has 1 aromatic carbocycles. The van der Waals surface area contributed by atoms with Gasteiger partial charge in [0.15, 0.2) is 9.84 Å². The number of nitrogens with zero attached hydrogens (tertiary/aromatic N) is 1. The van der Waals surface area contributed by atoms with Gasteiger partial charge in [0.1, 0.15) is 5.54 Å². The molecule has 1 aromatic rings. The Kier molecular flexibility index (Phi) is 4.52. The number of hydrogen-bond acceptors (Lipinski definition) is 4. The van der Waals surface area contributed by atoms with Crippen LogP contribution in [0.5, 0.6) is 0 Å². The molecule has 1 atom stereocenters. The predicted molar refractivity (Wildman–Crippen MR) is 85.2 cm³/mol. The lowest BCUT2D eigenvalue weighted by atomic mass is 9.98. The molecule has 1 amide bonds. The van der Waals surface area contributed by atoms with E-state index in [0.717, 1.165) is 6.26 Å². The summed E-state index contributed by atoms with van der Waals surface area (Å²) in [6, 6.07) is 4.55. The van der Waals surface area contributed by atoms with Gasteiger partial charge in [-0.3, -0.25) is 4.79 Å². The third-order valence-corrected chi connectivity index (χ3v) is 5.62. The molecule has 0 bridgehead atoms. The highest BCUT2D eigenvalue weighted by Gasteiger charge is 2.46. The Balaban J connectivity index is 2.47. The van der Waals surface area contributed by atoms with Crippen molar-refractivity contribution in [2.45, 2.75) is 43.5 Å². The first-order valence-corrected chi connectivity index (χ1v) is 9.38. The van der Waals surface area contributed by atoms with Gasteiger partial charge in [-0.2, -0.15) is 0 Å². The van der Waals surface area contributed by atoms with Crippen molar-refractivity contribution in [2.75, 3.05) is 12.8 Å². The van der Waals surface area contributed by atoms with Gasteiger partial charge in [0.05, 0.1) is 4.90 Å². The molecule has 1 N–H and O–H groups in total. The lowest BCUT2D eigenvalue weighted by Gasteiger charge is -2.31. The zero-order valence-corrected chi connectivity index (χ0v) is 14.3. The summed E-state index contributed by atoms with van der Waals surface area (Å²) in [5.41, 5.74) is -0.394. The van der Waals surface area contributed by atoms with Crippen LogP contribution in [-0.2, 0) is 21.1 Å². The Morgan fingerprint density at radius 3 is 2.52 bits per heavy atom. The minimum absolute atomic E-state index is 0.127. The number of carboxylic acids is 1. The van der Waals surface area contributed by atoms with E-state index in [-0.39, 0.29) is 10.5 Å². The number of amides is 1. The first-order valence-electron chi connectivity index (χ1n) is 7.49. The van der Waals surface area contributed by atoms with Gasteiger partial charge in [-0.1, -0.05) is 13.0 Å². The number of rotatable bonds is 4. The molecule has 2 rings (SSSR count). The van der Waals surface area contributed by atoms with Crippen LogP contribution in [0.15, 0.2) is 23.1 Å². The fraction of sp³-hybridized carbons (Fsp3) is 0.500. The van der Waals surface area contributed by atoms with Crippen molar-refractivity contribution in [2.24, 2.45) is 0 Å². The number of carbonyl (C=O) groups excluding carboxylic acids is 1. The molecular formula is C16H21NO5S. The third-order valence-electron chi connectivity index (χ3n) is 4.44. The average molecular weight is 339 g/mol. The van der Waals surface area contributed by atoms with Crippen molar-refractivity contribution in [3.63, 3.8) is 0 Å². The molecule has 7 heteroatoms. The molecule has 0 spiro atoms. The van der Waals surface area contributed by atoms with Crippen LogP contribution in [-0.4, -0.2) is 48.6 Å². The molecule has 1 heterocycles. The maximum Gasteiger partial charge on any atom is 0.329 e. The van der Waals surface area contributed by atoms with Gasteiger partial charge in [0, 0.05) is 18.4 Å². The predicted octanol–water partition coefficient (Wildman–Crippen LogP) is 1.73. The molecule has 0 aliphatic carbocycles. The highest BCUT2D eigenvalue weighted by Crippen LogP contribution is 2.31. The van der Waals surface area contributed by atoms with Crippen molar-refractivity contribution in [3.8, 4) is 0 Å². The van der Waals surface area contributed by atoms with Crippen LogP contribution >= 0.6 is 0 Å². The molecule has 6 nitrogen and oxygen atoms in total. The maximum absolute atomic E-state index is 12.7. The van der Waals surface area contributed by atoms with Gasteiger partial charge in [-0.15, -0.1) is 0 Å².